The van der Waals surface area contributed by atoms with E-state index in [4.69, 9.17) is 22.7 Å². The predicted molar refractivity (Wildman–Crippen MR) is 76.9 cm³/mol. The largest absolute Gasteiger partial charge is 0.389 e. The van der Waals surface area contributed by atoms with Crippen molar-refractivity contribution >= 4 is 23.0 Å². The van der Waals surface area contributed by atoms with E-state index in [1.165, 1.54) is 0 Å². The summed E-state index contributed by atoms with van der Waals surface area (Å²) in [5.41, 5.74) is 7.53. The van der Waals surface area contributed by atoms with Gasteiger partial charge in [-0.1, -0.05) is 12.2 Å². The molecule has 0 bridgehead atoms. The lowest BCUT2D eigenvalue weighted by atomic mass is 9.94. The highest BCUT2D eigenvalue weighted by Gasteiger charge is 2.37. The quantitative estimate of drug-likeness (QED) is 0.819. The topological polar surface area (TPSA) is 60.2 Å². The SMILES string of the molecule is Cc1ccnc(NC2(C)CCOC2C)c1C(N)=S. The van der Waals surface area contributed by atoms with Crippen LogP contribution in [0.1, 0.15) is 31.4 Å². The number of pyridine rings is 1. The molecule has 0 saturated carbocycles. The molecule has 3 N–H and O–H groups in total. The fraction of sp³-hybridized carbons (Fsp3) is 0.538. The van der Waals surface area contributed by atoms with Gasteiger partial charge in [0.1, 0.15) is 10.8 Å². The average molecular weight is 265 g/mol. The van der Waals surface area contributed by atoms with Gasteiger partial charge in [-0.25, -0.2) is 4.98 Å². The lowest BCUT2D eigenvalue weighted by molar-refractivity contribution is 0.105. The zero-order valence-corrected chi connectivity index (χ0v) is 11.8. The molecule has 0 spiro atoms. The van der Waals surface area contributed by atoms with Crippen LogP contribution < -0.4 is 11.1 Å². The lowest BCUT2D eigenvalue weighted by Gasteiger charge is -2.30. The van der Waals surface area contributed by atoms with Gasteiger partial charge >= 0.3 is 0 Å². The molecule has 98 valence electrons. The normalized spacial score (nSPS) is 27.2. The maximum absolute atomic E-state index is 5.79. The van der Waals surface area contributed by atoms with Crippen molar-refractivity contribution in [3.8, 4) is 0 Å². The average Bonchev–Trinajstić information content (AvgIpc) is 2.58. The minimum atomic E-state index is -0.125. The van der Waals surface area contributed by atoms with Crippen LogP contribution >= 0.6 is 12.2 Å². The first kappa shape index (κ1) is 13.2. The number of hydrogen-bond donors (Lipinski definition) is 2. The number of nitrogens with zero attached hydrogens (tertiary/aromatic N) is 1. The summed E-state index contributed by atoms with van der Waals surface area (Å²) in [7, 11) is 0. The molecule has 0 aliphatic carbocycles. The van der Waals surface area contributed by atoms with E-state index in [1.807, 2.05) is 13.0 Å². The number of aryl methyl sites for hydroxylation is 1. The van der Waals surface area contributed by atoms with Gasteiger partial charge in [0.25, 0.3) is 0 Å². The van der Waals surface area contributed by atoms with Gasteiger partial charge < -0.3 is 15.8 Å². The molecular formula is C13H19N3OS. The van der Waals surface area contributed by atoms with Gasteiger partial charge in [0.15, 0.2) is 0 Å². The first-order chi connectivity index (χ1) is 8.44. The molecule has 2 unspecified atom stereocenters. The third-order valence-electron chi connectivity index (χ3n) is 3.70. The van der Waals surface area contributed by atoms with E-state index in [1.54, 1.807) is 6.20 Å². The third kappa shape index (κ3) is 2.33. The van der Waals surface area contributed by atoms with Crippen LogP contribution in [0.5, 0.6) is 0 Å². The van der Waals surface area contributed by atoms with Gasteiger partial charge in [0, 0.05) is 12.8 Å². The van der Waals surface area contributed by atoms with Crippen LogP contribution in [0, 0.1) is 6.92 Å². The second-order valence-corrected chi connectivity index (χ2v) is 5.46. The molecule has 0 radical (unpaired) electrons. The molecule has 1 aromatic rings. The molecule has 2 heterocycles. The van der Waals surface area contributed by atoms with Crippen LogP contribution in [0.15, 0.2) is 12.3 Å². The Morgan fingerprint density at radius 3 is 2.94 bits per heavy atom. The van der Waals surface area contributed by atoms with Crippen molar-refractivity contribution < 1.29 is 4.74 Å². The Hall–Kier alpha value is -1.20. The molecular weight excluding hydrogens is 246 g/mol. The zero-order valence-electron chi connectivity index (χ0n) is 11.0. The van der Waals surface area contributed by atoms with Gasteiger partial charge in [-0.2, -0.15) is 0 Å². The van der Waals surface area contributed by atoms with E-state index >= 15 is 0 Å². The minimum absolute atomic E-state index is 0.125. The van der Waals surface area contributed by atoms with Crippen LogP contribution in [-0.4, -0.2) is 28.2 Å². The highest BCUT2D eigenvalue weighted by molar-refractivity contribution is 7.80. The van der Waals surface area contributed by atoms with E-state index in [2.05, 4.69) is 24.1 Å². The summed E-state index contributed by atoms with van der Waals surface area (Å²) in [4.78, 5) is 4.74. The van der Waals surface area contributed by atoms with Crippen LogP contribution in [0.3, 0.4) is 0 Å². The van der Waals surface area contributed by atoms with Gasteiger partial charge in [-0.3, -0.25) is 0 Å². The number of hydrogen-bond acceptors (Lipinski definition) is 4. The fourth-order valence-electron chi connectivity index (χ4n) is 2.23. The van der Waals surface area contributed by atoms with E-state index < -0.39 is 0 Å². The fourth-order valence-corrected chi connectivity index (χ4v) is 2.49. The number of aromatic nitrogens is 1. The molecule has 18 heavy (non-hydrogen) atoms. The second-order valence-electron chi connectivity index (χ2n) is 5.02. The van der Waals surface area contributed by atoms with Crippen molar-refractivity contribution in [2.45, 2.75) is 38.8 Å². The number of nitrogens with two attached hydrogens (primary N) is 1. The summed E-state index contributed by atoms with van der Waals surface area (Å²) >= 11 is 5.11. The summed E-state index contributed by atoms with van der Waals surface area (Å²) in [6.07, 6.45) is 2.85. The minimum Gasteiger partial charge on any atom is -0.389 e. The van der Waals surface area contributed by atoms with Gasteiger partial charge in [0.2, 0.25) is 0 Å². The van der Waals surface area contributed by atoms with Crippen molar-refractivity contribution in [2.24, 2.45) is 5.73 Å². The molecule has 2 rings (SSSR count). The molecule has 5 heteroatoms. The van der Waals surface area contributed by atoms with E-state index in [0.29, 0.717) is 4.99 Å². The summed E-state index contributed by atoms with van der Waals surface area (Å²) in [5, 5.41) is 3.45. The van der Waals surface area contributed by atoms with Crippen molar-refractivity contribution in [3.05, 3.63) is 23.4 Å². The van der Waals surface area contributed by atoms with Crippen molar-refractivity contribution in [1.82, 2.24) is 4.98 Å². The predicted octanol–water partition coefficient (Wildman–Crippen LogP) is 2.00. The molecule has 0 aromatic carbocycles. The monoisotopic (exact) mass is 265 g/mol. The second kappa shape index (κ2) is 4.82. The zero-order chi connectivity index (χ0) is 13.3. The number of thiocarbonyl (C=S) groups is 1. The Morgan fingerprint density at radius 2 is 2.39 bits per heavy atom. The number of nitrogens with one attached hydrogen (secondary N) is 1. The maximum atomic E-state index is 5.79. The highest BCUT2D eigenvalue weighted by atomic mass is 32.1. The molecule has 1 aliphatic rings. The van der Waals surface area contributed by atoms with E-state index in [0.717, 1.165) is 30.0 Å². The van der Waals surface area contributed by atoms with E-state index in [9.17, 15) is 0 Å². The molecule has 1 fully saturated rings. The lowest BCUT2D eigenvalue weighted by Crippen LogP contribution is -2.42. The Labute approximate surface area is 113 Å². The first-order valence-corrected chi connectivity index (χ1v) is 6.50. The smallest absolute Gasteiger partial charge is 0.136 e. The van der Waals surface area contributed by atoms with Gasteiger partial charge in [0.05, 0.1) is 17.2 Å². The van der Waals surface area contributed by atoms with Crippen LogP contribution in [0.25, 0.3) is 0 Å². The molecule has 1 aromatic heterocycles. The highest BCUT2D eigenvalue weighted by Crippen LogP contribution is 2.30. The standard InChI is InChI=1S/C13H19N3OS/c1-8-4-6-15-12(10(8)11(14)18)16-13(3)5-7-17-9(13)2/h4,6,9H,5,7H2,1-3H3,(H2,14,18)(H,15,16). The molecule has 1 aliphatic heterocycles. The Balaban J connectivity index is 2.35. The van der Waals surface area contributed by atoms with E-state index in [-0.39, 0.29) is 11.6 Å². The molecule has 0 amide bonds. The van der Waals surface area contributed by atoms with Crippen LogP contribution in [0.2, 0.25) is 0 Å². The van der Waals surface area contributed by atoms with Crippen LogP contribution in [-0.2, 0) is 4.74 Å². The summed E-state index contributed by atoms with van der Waals surface area (Å²) in [6.45, 7) is 6.95. The third-order valence-corrected chi connectivity index (χ3v) is 3.90. The first-order valence-electron chi connectivity index (χ1n) is 6.09. The van der Waals surface area contributed by atoms with Crippen molar-refractivity contribution in [2.75, 3.05) is 11.9 Å². The Bertz CT molecular complexity index is 477. The van der Waals surface area contributed by atoms with Crippen LogP contribution in [0.4, 0.5) is 5.82 Å². The summed E-state index contributed by atoms with van der Waals surface area (Å²) in [6, 6.07) is 1.91. The Morgan fingerprint density at radius 1 is 1.67 bits per heavy atom. The van der Waals surface area contributed by atoms with Crippen molar-refractivity contribution in [1.29, 1.82) is 0 Å². The number of rotatable bonds is 3. The van der Waals surface area contributed by atoms with Gasteiger partial charge in [-0.05, 0) is 38.8 Å². The molecule has 4 nitrogen and oxygen atoms in total. The molecule has 1 saturated heterocycles. The Kier molecular flexibility index (Phi) is 3.54. The summed E-state index contributed by atoms with van der Waals surface area (Å²) in [5.74, 6) is 0.752. The van der Waals surface area contributed by atoms with Gasteiger partial charge in [-0.15, -0.1) is 0 Å². The number of anilines is 1. The summed E-state index contributed by atoms with van der Waals surface area (Å²) < 4.78 is 5.62. The molecule has 2 atom stereocenters. The van der Waals surface area contributed by atoms with Crippen molar-refractivity contribution in [3.63, 3.8) is 0 Å². The number of ether oxygens (including phenoxy) is 1. The maximum Gasteiger partial charge on any atom is 0.136 e.